The van der Waals surface area contributed by atoms with Crippen LogP contribution in [0.25, 0.3) is 0 Å². The van der Waals surface area contributed by atoms with Crippen LogP contribution in [0.3, 0.4) is 0 Å². The van der Waals surface area contributed by atoms with Crippen LogP contribution >= 0.6 is 0 Å². The number of carboxylic acid groups (broad SMARTS) is 1. The van der Waals surface area contributed by atoms with Crippen LogP contribution in [0.4, 0.5) is 17.6 Å². The highest BCUT2D eigenvalue weighted by molar-refractivity contribution is 6.00. The standard InChI is InChI=1S/C12H14FN.C2HF3O2/c1-9-5-6-12(14-8-9)10-3-2-4-11(13)7-10;3-2(4,5)1(6)7/h2-4,7,9H,5-6,8H2,1H3;(H,6,7). The molecule has 0 saturated heterocycles. The second-order valence-corrected chi connectivity index (χ2v) is 4.74. The van der Waals surface area contributed by atoms with Crippen LogP contribution in [0.2, 0.25) is 0 Å². The zero-order valence-corrected chi connectivity index (χ0v) is 11.3. The lowest BCUT2D eigenvalue weighted by atomic mass is 9.96. The number of halogens is 4. The van der Waals surface area contributed by atoms with Crippen LogP contribution in [0.15, 0.2) is 29.3 Å². The summed E-state index contributed by atoms with van der Waals surface area (Å²) in [5.74, 6) is -2.26. The first-order valence-corrected chi connectivity index (χ1v) is 6.29. The summed E-state index contributed by atoms with van der Waals surface area (Å²) in [7, 11) is 0. The van der Waals surface area contributed by atoms with Gasteiger partial charge in [-0.3, -0.25) is 4.99 Å². The summed E-state index contributed by atoms with van der Waals surface area (Å²) in [6.45, 7) is 3.08. The van der Waals surface area contributed by atoms with Gasteiger partial charge in [-0.25, -0.2) is 9.18 Å². The van der Waals surface area contributed by atoms with E-state index in [0.29, 0.717) is 5.92 Å². The van der Waals surface area contributed by atoms with E-state index in [1.54, 1.807) is 12.1 Å². The van der Waals surface area contributed by atoms with E-state index >= 15 is 0 Å². The van der Waals surface area contributed by atoms with E-state index in [1.165, 1.54) is 6.07 Å². The molecular weight excluding hydrogens is 290 g/mol. The number of hydrogen-bond donors (Lipinski definition) is 1. The van der Waals surface area contributed by atoms with E-state index in [4.69, 9.17) is 9.90 Å². The zero-order chi connectivity index (χ0) is 16.0. The van der Waals surface area contributed by atoms with Crippen molar-refractivity contribution in [2.24, 2.45) is 10.9 Å². The van der Waals surface area contributed by atoms with Crippen LogP contribution in [-0.4, -0.2) is 29.5 Å². The number of alkyl halides is 3. The third kappa shape index (κ3) is 5.93. The number of rotatable bonds is 1. The number of nitrogens with zero attached hydrogens (tertiary/aromatic N) is 1. The molecule has 1 atom stereocenters. The first-order chi connectivity index (χ1) is 9.70. The first kappa shape index (κ1) is 17.1. The van der Waals surface area contributed by atoms with Crippen molar-refractivity contribution in [3.63, 3.8) is 0 Å². The minimum Gasteiger partial charge on any atom is -0.475 e. The van der Waals surface area contributed by atoms with Crippen molar-refractivity contribution in [1.29, 1.82) is 0 Å². The van der Waals surface area contributed by atoms with Crippen LogP contribution in [0.1, 0.15) is 25.3 Å². The molecule has 0 radical (unpaired) electrons. The molecule has 1 aromatic carbocycles. The van der Waals surface area contributed by atoms with Crippen molar-refractivity contribution in [1.82, 2.24) is 0 Å². The summed E-state index contributed by atoms with van der Waals surface area (Å²) in [6, 6.07) is 6.70. The van der Waals surface area contributed by atoms with Crippen LogP contribution in [0, 0.1) is 11.7 Å². The fourth-order valence-corrected chi connectivity index (χ4v) is 1.72. The van der Waals surface area contributed by atoms with E-state index in [9.17, 15) is 17.6 Å². The maximum absolute atomic E-state index is 12.9. The predicted molar refractivity (Wildman–Crippen MR) is 69.9 cm³/mol. The number of hydrogen-bond acceptors (Lipinski definition) is 2. The number of carbonyl (C=O) groups is 1. The Kier molecular flexibility index (Phi) is 5.87. The Morgan fingerprint density at radius 2 is 2.00 bits per heavy atom. The molecule has 0 spiro atoms. The summed E-state index contributed by atoms with van der Waals surface area (Å²) >= 11 is 0. The van der Waals surface area contributed by atoms with Crippen molar-refractivity contribution in [3.8, 4) is 0 Å². The second kappa shape index (κ2) is 7.19. The van der Waals surface area contributed by atoms with E-state index in [1.807, 2.05) is 6.07 Å². The maximum Gasteiger partial charge on any atom is 0.490 e. The Bertz CT molecular complexity index is 526. The fraction of sp³-hybridized carbons (Fsp3) is 0.429. The highest BCUT2D eigenvalue weighted by Crippen LogP contribution is 2.18. The number of aliphatic carboxylic acids is 1. The van der Waals surface area contributed by atoms with Crippen molar-refractivity contribution < 1.29 is 27.5 Å². The molecule has 21 heavy (non-hydrogen) atoms. The lowest BCUT2D eigenvalue weighted by molar-refractivity contribution is -0.192. The molecule has 1 aliphatic rings. The van der Waals surface area contributed by atoms with E-state index in [0.717, 1.165) is 30.7 Å². The Morgan fingerprint density at radius 1 is 1.38 bits per heavy atom. The van der Waals surface area contributed by atoms with Gasteiger partial charge in [0, 0.05) is 12.3 Å². The molecule has 0 aromatic heterocycles. The largest absolute Gasteiger partial charge is 0.490 e. The molecule has 1 aromatic rings. The van der Waals surface area contributed by atoms with Gasteiger partial charge in [-0.1, -0.05) is 19.1 Å². The lowest BCUT2D eigenvalue weighted by Crippen LogP contribution is -2.21. The summed E-state index contributed by atoms with van der Waals surface area (Å²) in [5.41, 5.74) is 2.00. The molecule has 0 amide bonds. The molecule has 0 saturated carbocycles. The van der Waals surface area contributed by atoms with E-state index in [-0.39, 0.29) is 5.82 Å². The average Bonchev–Trinajstić information content (AvgIpc) is 2.39. The zero-order valence-electron chi connectivity index (χ0n) is 11.3. The summed E-state index contributed by atoms with van der Waals surface area (Å²) in [6.07, 6.45) is -2.94. The Balaban J connectivity index is 0.000000270. The molecule has 7 heteroatoms. The molecule has 0 bridgehead atoms. The topological polar surface area (TPSA) is 49.7 Å². The van der Waals surface area contributed by atoms with Crippen molar-refractivity contribution in [3.05, 3.63) is 35.6 Å². The molecule has 0 aliphatic carbocycles. The van der Waals surface area contributed by atoms with Gasteiger partial charge in [0.25, 0.3) is 0 Å². The molecule has 1 aliphatic heterocycles. The molecule has 3 nitrogen and oxygen atoms in total. The van der Waals surface area contributed by atoms with Crippen LogP contribution in [0.5, 0.6) is 0 Å². The smallest absolute Gasteiger partial charge is 0.475 e. The molecule has 116 valence electrons. The van der Waals surface area contributed by atoms with E-state index < -0.39 is 12.1 Å². The third-order valence-corrected chi connectivity index (χ3v) is 2.87. The Labute approximate surface area is 119 Å². The van der Waals surface area contributed by atoms with Crippen molar-refractivity contribution in [2.45, 2.75) is 25.9 Å². The van der Waals surface area contributed by atoms with Gasteiger partial charge in [0.2, 0.25) is 0 Å². The quantitative estimate of drug-likeness (QED) is 0.805. The van der Waals surface area contributed by atoms with Crippen molar-refractivity contribution in [2.75, 3.05) is 6.54 Å². The van der Waals surface area contributed by atoms with Gasteiger partial charge in [-0.05, 0) is 36.5 Å². The first-order valence-electron chi connectivity index (χ1n) is 6.29. The van der Waals surface area contributed by atoms with Gasteiger partial charge in [0.1, 0.15) is 5.82 Å². The monoisotopic (exact) mass is 305 g/mol. The van der Waals surface area contributed by atoms with Gasteiger partial charge >= 0.3 is 12.1 Å². The highest BCUT2D eigenvalue weighted by Gasteiger charge is 2.38. The number of benzene rings is 1. The predicted octanol–water partition coefficient (Wildman–Crippen LogP) is 3.68. The summed E-state index contributed by atoms with van der Waals surface area (Å²) < 4.78 is 44.7. The summed E-state index contributed by atoms with van der Waals surface area (Å²) in [4.78, 5) is 13.4. The molecule has 1 heterocycles. The maximum atomic E-state index is 12.9. The minimum atomic E-state index is -5.08. The van der Waals surface area contributed by atoms with Gasteiger partial charge in [-0.2, -0.15) is 13.2 Å². The summed E-state index contributed by atoms with van der Waals surface area (Å²) in [5, 5.41) is 7.12. The SMILES string of the molecule is CC1CCC(c2cccc(F)c2)=NC1.O=C(O)C(F)(F)F. The Hall–Kier alpha value is -1.92. The number of aliphatic imine (C=N–C) groups is 1. The molecule has 1 unspecified atom stereocenters. The van der Waals surface area contributed by atoms with Gasteiger partial charge in [0.15, 0.2) is 0 Å². The number of carboxylic acids is 1. The molecular formula is C14H15F4NO2. The molecule has 2 rings (SSSR count). The minimum absolute atomic E-state index is 0.177. The average molecular weight is 305 g/mol. The van der Waals surface area contributed by atoms with Gasteiger partial charge < -0.3 is 5.11 Å². The van der Waals surface area contributed by atoms with Crippen molar-refractivity contribution >= 4 is 11.7 Å². The molecule has 0 fully saturated rings. The van der Waals surface area contributed by atoms with Gasteiger partial charge in [0.05, 0.1) is 0 Å². The molecule has 1 N–H and O–H groups in total. The van der Waals surface area contributed by atoms with Crippen LogP contribution in [-0.2, 0) is 4.79 Å². The van der Waals surface area contributed by atoms with Crippen LogP contribution < -0.4 is 0 Å². The fourth-order valence-electron chi connectivity index (χ4n) is 1.72. The normalized spacial score (nSPS) is 18.3. The third-order valence-electron chi connectivity index (χ3n) is 2.87. The highest BCUT2D eigenvalue weighted by atomic mass is 19.4. The second-order valence-electron chi connectivity index (χ2n) is 4.74. The van der Waals surface area contributed by atoms with E-state index in [2.05, 4.69) is 11.9 Å². The van der Waals surface area contributed by atoms with Gasteiger partial charge in [-0.15, -0.1) is 0 Å². The lowest BCUT2D eigenvalue weighted by Gasteiger charge is -2.17. The Morgan fingerprint density at radius 3 is 2.43 bits per heavy atom.